The zero-order valence-corrected chi connectivity index (χ0v) is 16.7. The molecular formula is C22H28N2O4. The van der Waals surface area contributed by atoms with Gasteiger partial charge in [-0.3, -0.25) is 9.69 Å². The van der Waals surface area contributed by atoms with Gasteiger partial charge in [-0.2, -0.15) is 0 Å². The van der Waals surface area contributed by atoms with E-state index in [0.717, 1.165) is 43.6 Å². The average molecular weight is 384 g/mol. The first-order chi connectivity index (χ1) is 13.6. The largest absolute Gasteiger partial charge is 0.504 e. The molecule has 6 nitrogen and oxygen atoms in total. The van der Waals surface area contributed by atoms with E-state index in [1.54, 1.807) is 7.11 Å². The summed E-state index contributed by atoms with van der Waals surface area (Å²) in [5.74, 6) is 0.0769. The van der Waals surface area contributed by atoms with E-state index in [0.29, 0.717) is 11.5 Å². The average Bonchev–Trinajstić information content (AvgIpc) is 3.23. The van der Waals surface area contributed by atoms with Crippen LogP contribution in [0.2, 0.25) is 0 Å². The van der Waals surface area contributed by atoms with Crippen molar-refractivity contribution in [2.45, 2.75) is 37.6 Å². The molecule has 4 rings (SSSR count). The number of carbonyl (C=O) groups is 2. The molecule has 1 N–H and O–H groups in total. The first-order valence-corrected chi connectivity index (χ1v) is 10.0. The van der Waals surface area contributed by atoms with Crippen LogP contribution in [0.15, 0.2) is 36.1 Å². The minimum absolute atomic E-state index is 0.00851. The molecule has 1 aromatic carbocycles. The van der Waals surface area contributed by atoms with Crippen LogP contribution in [-0.2, 0) is 24.5 Å². The van der Waals surface area contributed by atoms with Gasteiger partial charge in [-0.25, -0.2) is 4.79 Å². The molecule has 150 valence electrons. The molecule has 4 atom stereocenters. The van der Waals surface area contributed by atoms with E-state index in [1.165, 1.54) is 13.4 Å². The van der Waals surface area contributed by atoms with Crippen LogP contribution in [0.1, 0.15) is 31.7 Å². The minimum Gasteiger partial charge on any atom is -0.504 e. The monoisotopic (exact) mass is 384 g/mol. The molecule has 0 bridgehead atoms. The SMILES string of the molecule is CC[C@H]1CN2CC[C@]3(C(=O)Nc4ccccc43)C2CC1/C(=C\OC)C(=O)OC. The number of ether oxygens (including phenoxy) is 2. The molecule has 2 unspecified atom stereocenters. The molecule has 0 saturated carbocycles. The van der Waals surface area contributed by atoms with Gasteiger partial charge in [-0.1, -0.05) is 31.5 Å². The van der Waals surface area contributed by atoms with Crippen molar-refractivity contribution in [2.24, 2.45) is 11.8 Å². The number of nitrogens with zero attached hydrogens (tertiary/aromatic N) is 1. The maximum absolute atomic E-state index is 13.2. The zero-order chi connectivity index (χ0) is 19.9. The predicted molar refractivity (Wildman–Crippen MR) is 106 cm³/mol. The molecule has 2 fully saturated rings. The molecule has 6 heteroatoms. The van der Waals surface area contributed by atoms with Crippen molar-refractivity contribution < 1.29 is 19.1 Å². The van der Waals surface area contributed by atoms with Crippen molar-refractivity contribution in [3.63, 3.8) is 0 Å². The lowest BCUT2D eigenvalue weighted by Gasteiger charge is -2.45. The number of fused-ring (bicyclic) bond motifs is 4. The van der Waals surface area contributed by atoms with Gasteiger partial charge in [0.25, 0.3) is 0 Å². The number of carbonyl (C=O) groups excluding carboxylic acids is 2. The van der Waals surface area contributed by atoms with Gasteiger partial charge in [0, 0.05) is 18.3 Å². The Bertz CT molecular complexity index is 821. The van der Waals surface area contributed by atoms with Crippen molar-refractivity contribution in [3.8, 4) is 0 Å². The van der Waals surface area contributed by atoms with E-state index in [-0.39, 0.29) is 23.8 Å². The second-order valence-corrected chi connectivity index (χ2v) is 8.04. The number of esters is 1. The summed E-state index contributed by atoms with van der Waals surface area (Å²) in [5, 5.41) is 3.10. The highest BCUT2D eigenvalue weighted by atomic mass is 16.5. The normalized spacial score (nSPS) is 32.0. The molecule has 0 radical (unpaired) electrons. The molecular weight excluding hydrogens is 356 g/mol. The number of piperidine rings is 1. The first-order valence-electron chi connectivity index (χ1n) is 10.0. The Hall–Kier alpha value is -2.34. The maximum Gasteiger partial charge on any atom is 0.337 e. The molecule has 3 heterocycles. The van der Waals surface area contributed by atoms with Crippen LogP contribution in [0, 0.1) is 11.8 Å². The van der Waals surface area contributed by atoms with Crippen molar-refractivity contribution in [3.05, 3.63) is 41.7 Å². The van der Waals surface area contributed by atoms with Crippen molar-refractivity contribution >= 4 is 17.6 Å². The third kappa shape index (κ3) is 2.65. The standard InChI is InChI=1S/C22H28N2O4/c1-4-14-12-24-10-9-22(17-7-5-6-8-18(17)23-21(22)26)19(24)11-15(14)16(13-27-2)20(25)28-3/h5-8,13-15,19H,4,9-12H2,1-3H3,(H,23,26)/b16-13+/t14-,15?,19?,22+/m0/s1. The van der Waals surface area contributed by atoms with Crippen LogP contribution in [0.3, 0.4) is 0 Å². The smallest absolute Gasteiger partial charge is 0.337 e. The van der Waals surface area contributed by atoms with E-state index in [1.807, 2.05) is 18.2 Å². The summed E-state index contributed by atoms with van der Waals surface area (Å²) in [6.45, 7) is 3.93. The fraction of sp³-hybridized carbons (Fsp3) is 0.545. The van der Waals surface area contributed by atoms with Gasteiger partial charge in [0.2, 0.25) is 5.91 Å². The zero-order valence-electron chi connectivity index (χ0n) is 16.7. The van der Waals surface area contributed by atoms with Crippen LogP contribution in [0.25, 0.3) is 0 Å². The van der Waals surface area contributed by atoms with Gasteiger partial charge in [-0.05, 0) is 42.9 Å². The van der Waals surface area contributed by atoms with E-state index < -0.39 is 5.41 Å². The van der Waals surface area contributed by atoms with E-state index >= 15 is 0 Å². The summed E-state index contributed by atoms with van der Waals surface area (Å²) in [6, 6.07) is 8.07. The number of anilines is 1. The number of nitrogens with one attached hydrogen (secondary N) is 1. The summed E-state index contributed by atoms with van der Waals surface area (Å²) < 4.78 is 10.3. The third-order valence-corrected chi connectivity index (χ3v) is 6.97. The lowest BCUT2D eigenvalue weighted by Crippen LogP contribution is -2.53. The number of hydrogen-bond donors (Lipinski definition) is 1. The van der Waals surface area contributed by atoms with Crippen LogP contribution in [0.4, 0.5) is 5.69 Å². The van der Waals surface area contributed by atoms with Gasteiger partial charge in [0.15, 0.2) is 0 Å². The Balaban J connectivity index is 1.74. The maximum atomic E-state index is 13.2. The third-order valence-electron chi connectivity index (χ3n) is 6.97. The highest BCUT2D eigenvalue weighted by Crippen LogP contribution is 2.53. The quantitative estimate of drug-likeness (QED) is 0.491. The van der Waals surface area contributed by atoms with Crippen LogP contribution < -0.4 is 5.32 Å². The van der Waals surface area contributed by atoms with Crippen LogP contribution in [0.5, 0.6) is 0 Å². The molecule has 0 aromatic heterocycles. The highest BCUT2D eigenvalue weighted by molar-refractivity contribution is 6.07. The Labute approximate surface area is 165 Å². The van der Waals surface area contributed by atoms with Crippen LogP contribution >= 0.6 is 0 Å². The highest BCUT2D eigenvalue weighted by Gasteiger charge is 2.60. The molecule has 0 aliphatic carbocycles. The molecule has 3 aliphatic rings. The molecule has 28 heavy (non-hydrogen) atoms. The second kappa shape index (κ2) is 7.24. The van der Waals surface area contributed by atoms with E-state index in [9.17, 15) is 9.59 Å². The van der Waals surface area contributed by atoms with Gasteiger partial charge in [0.05, 0.1) is 31.5 Å². The number of hydrogen-bond acceptors (Lipinski definition) is 5. The number of rotatable bonds is 4. The predicted octanol–water partition coefficient (Wildman–Crippen LogP) is 2.70. The minimum atomic E-state index is -0.540. The Morgan fingerprint density at radius 3 is 2.86 bits per heavy atom. The first kappa shape index (κ1) is 19.0. The summed E-state index contributed by atoms with van der Waals surface area (Å²) in [5.41, 5.74) is 2.05. The van der Waals surface area contributed by atoms with E-state index in [2.05, 4.69) is 23.2 Å². The topological polar surface area (TPSA) is 67.9 Å². The summed E-state index contributed by atoms with van der Waals surface area (Å²) in [7, 11) is 2.95. The fourth-order valence-electron chi connectivity index (χ4n) is 5.63. The van der Waals surface area contributed by atoms with Gasteiger partial charge >= 0.3 is 5.97 Å². The number of benzene rings is 1. The number of methoxy groups -OCH3 is 2. The van der Waals surface area contributed by atoms with E-state index in [4.69, 9.17) is 9.47 Å². The summed E-state index contributed by atoms with van der Waals surface area (Å²) in [4.78, 5) is 28.1. The van der Waals surface area contributed by atoms with Gasteiger partial charge in [0.1, 0.15) is 0 Å². The Morgan fingerprint density at radius 1 is 1.36 bits per heavy atom. The molecule has 1 spiro atoms. The van der Waals surface area contributed by atoms with Crippen molar-refractivity contribution in [1.82, 2.24) is 4.90 Å². The van der Waals surface area contributed by atoms with Crippen molar-refractivity contribution in [2.75, 3.05) is 32.6 Å². The molecule has 3 aliphatic heterocycles. The lowest BCUT2D eigenvalue weighted by molar-refractivity contribution is -0.137. The summed E-state index contributed by atoms with van der Waals surface area (Å²) >= 11 is 0. The number of amides is 1. The summed E-state index contributed by atoms with van der Waals surface area (Å²) in [6.07, 6.45) is 4.04. The van der Waals surface area contributed by atoms with Gasteiger partial charge < -0.3 is 14.8 Å². The fourth-order valence-corrected chi connectivity index (χ4v) is 5.63. The van der Waals surface area contributed by atoms with Crippen LogP contribution in [-0.4, -0.2) is 50.1 Å². The molecule has 2 saturated heterocycles. The Morgan fingerprint density at radius 2 is 2.14 bits per heavy atom. The van der Waals surface area contributed by atoms with Gasteiger partial charge in [-0.15, -0.1) is 0 Å². The number of para-hydroxylation sites is 1. The molecule has 1 amide bonds. The molecule has 1 aromatic rings. The van der Waals surface area contributed by atoms with Crippen molar-refractivity contribution in [1.29, 1.82) is 0 Å². The second-order valence-electron chi connectivity index (χ2n) is 8.04. The Kier molecular flexibility index (Phi) is 4.91. The lowest BCUT2D eigenvalue weighted by atomic mass is 9.67.